The summed E-state index contributed by atoms with van der Waals surface area (Å²) in [4.78, 5) is 10.4. The lowest BCUT2D eigenvalue weighted by atomic mass is 10.4. The summed E-state index contributed by atoms with van der Waals surface area (Å²) in [6.45, 7) is -0.0223. The first kappa shape index (κ1) is 8.91. The summed E-state index contributed by atoms with van der Waals surface area (Å²) in [6.07, 6.45) is 5.85. The maximum absolute atomic E-state index is 10.4. The summed E-state index contributed by atoms with van der Waals surface area (Å²) in [5.41, 5.74) is 0. The molecular formula is C7H10O3. The van der Waals surface area contributed by atoms with E-state index < -0.39 is 5.97 Å². The zero-order chi connectivity index (χ0) is 7.82. The molecule has 0 fully saturated rings. The van der Waals surface area contributed by atoms with E-state index in [9.17, 15) is 4.79 Å². The third-order valence-electron chi connectivity index (χ3n) is 0.786. The Balaban J connectivity index is 3.55. The molecule has 0 rings (SSSR count). The van der Waals surface area contributed by atoms with Crippen LogP contribution in [0.3, 0.4) is 0 Å². The largest absolute Gasteiger partial charge is 0.466 e. The van der Waals surface area contributed by atoms with Crippen molar-refractivity contribution in [2.75, 3.05) is 13.7 Å². The Morgan fingerprint density at radius 2 is 2.30 bits per heavy atom. The van der Waals surface area contributed by atoms with E-state index in [4.69, 9.17) is 5.11 Å². The maximum atomic E-state index is 10.4. The molecule has 0 aromatic heterocycles. The molecule has 10 heavy (non-hydrogen) atoms. The van der Waals surface area contributed by atoms with Crippen molar-refractivity contribution in [3.63, 3.8) is 0 Å². The Hall–Kier alpha value is -1.09. The predicted molar refractivity (Wildman–Crippen MR) is 37.4 cm³/mol. The van der Waals surface area contributed by atoms with E-state index in [1.165, 1.54) is 25.3 Å². The van der Waals surface area contributed by atoms with Gasteiger partial charge in [0.25, 0.3) is 0 Å². The monoisotopic (exact) mass is 142 g/mol. The molecule has 1 N–H and O–H groups in total. The van der Waals surface area contributed by atoms with Gasteiger partial charge in [0.05, 0.1) is 13.7 Å². The number of carbonyl (C=O) groups is 1. The van der Waals surface area contributed by atoms with Crippen molar-refractivity contribution in [3.8, 4) is 0 Å². The van der Waals surface area contributed by atoms with Gasteiger partial charge in [0.15, 0.2) is 0 Å². The Kier molecular flexibility index (Phi) is 5.38. The lowest BCUT2D eigenvalue weighted by Gasteiger charge is -1.85. The van der Waals surface area contributed by atoms with E-state index >= 15 is 0 Å². The number of aliphatic hydroxyl groups excluding tert-OH is 1. The minimum absolute atomic E-state index is 0.0223. The number of hydrogen-bond acceptors (Lipinski definition) is 3. The van der Waals surface area contributed by atoms with E-state index in [-0.39, 0.29) is 6.61 Å². The first-order chi connectivity index (χ1) is 4.81. The second-order valence-corrected chi connectivity index (χ2v) is 1.49. The number of carbonyl (C=O) groups excluding carboxylic acids is 1. The van der Waals surface area contributed by atoms with Crippen LogP contribution in [-0.4, -0.2) is 24.8 Å². The first-order valence-corrected chi connectivity index (χ1v) is 2.83. The van der Waals surface area contributed by atoms with Crippen LogP contribution in [-0.2, 0) is 9.53 Å². The summed E-state index contributed by atoms with van der Waals surface area (Å²) in [7, 11) is 1.31. The lowest BCUT2D eigenvalue weighted by Crippen LogP contribution is -1.92. The van der Waals surface area contributed by atoms with Gasteiger partial charge in [-0.15, -0.1) is 0 Å². The number of hydrogen-bond donors (Lipinski definition) is 1. The van der Waals surface area contributed by atoms with Crippen LogP contribution < -0.4 is 0 Å². The zero-order valence-electron chi connectivity index (χ0n) is 5.78. The van der Waals surface area contributed by atoms with Crippen molar-refractivity contribution >= 4 is 5.97 Å². The Bertz CT molecular complexity index is 147. The molecule has 0 amide bonds. The van der Waals surface area contributed by atoms with Crippen LogP contribution >= 0.6 is 0 Å². The van der Waals surface area contributed by atoms with Crippen molar-refractivity contribution in [3.05, 3.63) is 24.3 Å². The summed E-state index contributed by atoms with van der Waals surface area (Å²) < 4.78 is 4.31. The van der Waals surface area contributed by atoms with Crippen LogP contribution in [0.15, 0.2) is 24.3 Å². The second-order valence-electron chi connectivity index (χ2n) is 1.49. The van der Waals surface area contributed by atoms with E-state index in [0.29, 0.717) is 0 Å². The predicted octanol–water partition coefficient (Wildman–Crippen LogP) is 0.264. The smallest absolute Gasteiger partial charge is 0.330 e. The fourth-order valence-electron chi connectivity index (χ4n) is 0.342. The average Bonchev–Trinajstić information content (AvgIpc) is 1.98. The van der Waals surface area contributed by atoms with Gasteiger partial charge in [-0.25, -0.2) is 4.79 Å². The molecule has 0 aliphatic carbocycles. The molecule has 0 aromatic carbocycles. The molecule has 0 heterocycles. The van der Waals surface area contributed by atoms with Gasteiger partial charge in [-0.05, 0) is 0 Å². The molecule has 0 spiro atoms. The fourth-order valence-corrected chi connectivity index (χ4v) is 0.342. The highest BCUT2D eigenvalue weighted by Gasteiger charge is 1.85. The quantitative estimate of drug-likeness (QED) is 0.349. The molecule has 0 atom stereocenters. The molecule has 0 unspecified atom stereocenters. The van der Waals surface area contributed by atoms with Gasteiger partial charge in [0.1, 0.15) is 0 Å². The summed E-state index contributed by atoms with van der Waals surface area (Å²) >= 11 is 0. The van der Waals surface area contributed by atoms with Crippen LogP contribution in [0.4, 0.5) is 0 Å². The van der Waals surface area contributed by atoms with Gasteiger partial charge in [-0.1, -0.05) is 18.2 Å². The minimum atomic E-state index is -0.400. The first-order valence-electron chi connectivity index (χ1n) is 2.83. The average molecular weight is 142 g/mol. The van der Waals surface area contributed by atoms with Crippen molar-refractivity contribution in [2.24, 2.45) is 0 Å². The molecule has 0 aliphatic rings. The molecule has 0 saturated carbocycles. The Morgan fingerprint density at radius 3 is 2.80 bits per heavy atom. The molecule has 0 bridgehead atoms. The van der Waals surface area contributed by atoms with Gasteiger partial charge >= 0.3 is 5.97 Å². The van der Waals surface area contributed by atoms with Gasteiger partial charge in [0.2, 0.25) is 0 Å². The Morgan fingerprint density at radius 1 is 1.60 bits per heavy atom. The van der Waals surface area contributed by atoms with Gasteiger partial charge in [0, 0.05) is 6.08 Å². The van der Waals surface area contributed by atoms with Gasteiger partial charge < -0.3 is 9.84 Å². The van der Waals surface area contributed by atoms with Crippen molar-refractivity contribution in [1.82, 2.24) is 0 Å². The molecule has 3 nitrogen and oxygen atoms in total. The molecule has 0 aliphatic heterocycles. The van der Waals surface area contributed by atoms with Crippen molar-refractivity contribution in [1.29, 1.82) is 0 Å². The van der Waals surface area contributed by atoms with Crippen molar-refractivity contribution < 1.29 is 14.6 Å². The lowest BCUT2D eigenvalue weighted by molar-refractivity contribution is -0.134. The molecule has 0 aromatic rings. The van der Waals surface area contributed by atoms with Gasteiger partial charge in [-0.3, -0.25) is 0 Å². The number of methoxy groups -OCH3 is 1. The highest BCUT2D eigenvalue weighted by molar-refractivity contribution is 5.82. The summed E-state index contributed by atoms with van der Waals surface area (Å²) in [6, 6.07) is 0. The number of aliphatic hydroxyl groups is 1. The topological polar surface area (TPSA) is 46.5 Å². The molecule has 3 heteroatoms. The summed E-state index contributed by atoms with van der Waals surface area (Å²) in [5, 5.41) is 8.25. The van der Waals surface area contributed by atoms with Crippen LogP contribution in [0.25, 0.3) is 0 Å². The zero-order valence-corrected chi connectivity index (χ0v) is 5.78. The fraction of sp³-hybridized carbons (Fsp3) is 0.286. The van der Waals surface area contributed by atoms with Crippen LogP contribution in [0.5, 0.6) is 0 Å². The number of rotatable bonds is 3. The molecule has 0 saturated heterocycles. The standard InChI is InChI=1S/C7H10O3/c1-10-7(9)5-3-2-4-6-8/h2-5,8H,6H2,1H3/b4-2+,5-3+. The second kappa shape index (κ2) is 6.04. The molecule has 56 valence electrons. The summed E-state index contributed by atoms with van der Waals surface area (Å²) in [5.74, 6) is -0.400. The van der Waals surface area contributed by atoms with Crippen LogP contribution in [0.1, 0.15) is 0 Å². The van der Waals surface area contributed by atoms with Crippen LogP contribution in [0.2, 0.25) is 0 Å². The number of allylic oxidation sites excluding steroid dienone is 2. The number of esters is 1. The highest BCUT2D eigenvalue weighted by Crippen LogP contribution is 1.79. The van der Waals surface area contributed by atoms with E-state index in [0.717, 1.165) is 0 Å². The SMILES string of the molecule is COC(=O)/C=C/C=C/CO. The van der Waals surface area contributed by atoms with E-state index in [2.05, 4.69) is 4.74 Å². The third kappa shape index (κ3) is 5.05. The van der Waals surface area contributed by atoms with Crippen LogP contribution in [0, 0.1) is 0 Å². The molecular weight excluding hydrogens is 132 g/mol. The third-order valence-corrected chi connectivity index (χ3v) is 0.786. The normalized spacial score (nSPS) is 11.0. The van der Waals surface area contributed by atoms with Crippen molar-refractivity contribution in [2.45, 2.75) is 0 Å². The van der Waals surface area contributed by atoms with E-state index in [1.807, 2.05) is 0 Å². The van der Waals surface area contributed by atoms with E-state index in [1.54, 1.807) is 6.08 Å². The highest BCUT2D eigenvalue weighted by atomic mass is 16.5. The Labute approximate surface area is 59.6 Å². The molecule has 0 radical (unpaired) electrons. The van der Waals surface area contributed by atoms with Gasteiger partial charge in [-0.2, -0.15) is 0 Å². The minimum Gasteiger partial charge on any atom is -0.466 e. The maximum Gasteiger partial charge on any atom is 0.330 e. The number of ether oxygens (including phenoxy) is 1.